The second kappa shape index (κ2) is 6.44. The molecule has 1 aliphatic heterocycles. The van der Waals surface area contributed by atoms with E-state index in [1.165, 1.54) is 18.6 Å². The molecule has 0 aromatic carbocycles. The maximum atomic E-state index is 4.30. The molecule has 0 amide bonds. The van der Waals surface area contributed by atoms with Crippen molar-refractivity contribution in [2.75, 3.05) is 28.7 Å². The molecule has 4 nitrogen and oxygen atoms in total. The van der Waals surface area contributed by atoms with Gasteiger partial charge in [0.1, 0.15) is 22.4 Å². The first kappa shape index (κ1) is 13.0. The maximum absolute atomic E-state index is 4.30. The zero-order valence-corrected chi connectivity index (χ0v) is 12.3. The number of hydrogen-bond acceptors (Lipinski definition) is 5. The molecule has 1 aromatic heterocycles. The predicted octanol–water partition coefficient (Wildman–Crippen LogP) is 2.98. The Morgan fingerprint density at radius 1 is 1.47 bits per heavy atom. The van der Waals surface area contributed by atoms with Crippen molar-refractivity contribution in [1.29, 1.82) is 0 Å². The van der Waals surface area contributed by atoms with Gasteiger partial charge in [-0.2, -0.15) is 11.8 Å². The highest BCUT2D eigenvalue weighted by molar-refractivity contribution is 9.10. The highest BCUT2D eigenvalue weighted by atomic mass is 79.9. The summed E-state index contributed by atoms with van der Waals surface area (Å²) in [4.78, 5) is 8.50. The van der Waals surface area contributed by atoms with Crippen LogP contribution in [0.15, 0.2) is 10.8 Å². The molecule has 1 atom stereocenters. The third kappa shape index (κ3) is 3.48. The minimum atomic E-state index is 0.523. The Morgan fingerprint density at radius 2 is 2.29 bits per heavy atom. The van der Waals surface area contributed by atoms with E-state index in [0.717, 1.165) is 28.4 Å². The van der Waals surface area contributed by atoms with Crippen molar-refractivity contribution < 1.29 is 0 Å². The first-order valence-corrected chi connectivity index (χ1v) is 7.84. The first-order valence-electron chi connectivity index (χ1n) is 5.90. The third-order valence-electron chi connectivity index (χ3n) is 2.63. The summed E-state index contributed by atoms with van der Waals surface area (Å²) < 4.78 is 0.928. The second-order valence-electron chi connectivity index (χ2n) is 3.97. The molecule has 6 heteroatoms. The van der Waals surface area contributed by atoms with Crippen molar-refractivity contribution in [2.24, 2.45) is 0 Å². The van der Waals surface area contributed by atoms with Crippen LogP contribution < -0.4 is 10.6 Å². The lowest BCUT2D eigenvalue weighted by Gasteiger charge is -2.23. The number of rotatable bonds is 4. The normalized spacial score (nSPS) is 20.0. The summed E-state index contributed by atoms with van der Waals surface area (Å²) in [7, 11) is 0. The summed E-state index contributed by atoms with van der Waals surface area (Å²) in [5.41, 5.74) is 0. The Bertz CT molecular complexity index is 368. The third-order valence-corrected chi connectivity index (χ3v) is 4.60. The van der Waals surface area contributed by atoms with E-state index in [1.54, 1.807) is 6.33 Å². The van der Waals surface area contributed by atoms with Gasteiger partial charge < -0.3 is 10.6 Å². The molecule has 2 N–H and O–H groups in total. The Balaban J connectivity index is 2.06. The SMILES string of the molecule is CCNc1ncnc(NC2CCCSC2)c1Br. The average Bonchev–Trinajstić information content (AvgIpc) is 2.36. The Labute approximate surface area is 115 Å². The fourth-order valence-electron chi connectivity index (χ4n) is 1.81. The maximum Gasteiger partial charge on any atom is 0.146 e. The van der Waals surface area contributed by atoms with E-state index in [-0.39, 0.29) is 0 Å². The summed E-state index contributed by atoms with van der Waals surface area (Å²) >= 11 is 5.56. The molecule has 94 valence electrons. The molecule has 0 saturated carbocycles. The lowest BCUT2D eigenvalue weighted by molar-refractivity contribution is 0.681. The summed E-state index contributed by atoms with van der Waals surface area (Å²) in [6.45, 7) is 2.91. The Hall–Kier alpha value is -0.490. The Kier molecular flexibility index (Phi) is 4.91. The fourth-order valence-corrected chi connectivity index (χ4v) is 3.34. The molecule has 0 bridgehead atoms. The quantitative estimate of drug-likeness (QED) is 0.894. The molecule has 1 unspecified atom stereocenters. The molecule has 1 saturated heterocycles. The van der Waals surface area contributed by atoms with Crippen LogP contribution in [0.4, 0.5) is 11.6 Å². The van der Waals surface area contributed by atoms with E-state index in [1.807, 2.05) is 11.8 Å². The molecule has 1 aromatic rings. The number of halogens is 1. The van der Waals surface area contributed by atoms with Crippen LogP contribution in [0, 0.1) is 0 Å². The smallest absolute Gasteiger partial charge is 0.146 e. The van der Waals surface area contributed by atoms with E-state index in [9.17, 15) is 0 Å². The van der Waals surface area contributed by atoms with Crippen molar-refractivity contribution in [3.63, 3.8) is 0 Å². The monoisotopic (exact) mass is 316 g/mol. The lowest BCUT2D eigenvalue weighted by Crippen LogP contribution is -2.26. The zero-order valence-electron chi connectivity index (χ0n) is 9.87. The molecule has 2 heterocycles. The zero-order chi connectivity index (χ0) is 12.1. The lowest BCUT2D eigenvalue weighted by atomic mass is 10.2. The van der Waals surface area contributed by atoms with Crippen molar-refractivity contribution in [1.82, 2.24) is 9.97 Å². The van der Waals surface area contributed by atoms with E-state index in [2.05, 4.69) is 43.5 Å². The molecule has 0 radical (unpaired) electrons. The molecule has 0 spiro atoms. The number of anilines is 2. The molecule has 0 aliphatic carbocycles. The van der Waals surface area contributed by atoms with Crippen LogP contribution in [0.1, 0.15) is 19.8 Å². The number of hydrogen-bond donors (Lipinski definition) is 2. The average molecular weight is 317 g/mol. The van der Waals surface area contributed by atoms with Gasteiger partial charge in [-0.1, -0.05) is 0 Å². The minimum absolute atomic E-state index is 0.523. The van der Waals surface area contributed by atoms with Gasteiger partial charge >= 0.3 is 0 Å². The van der Waals surface area contributed by atoms with E-state index >= 15 is 0 Å². The van der Waals surface area contributed by atoms with Crippen LogP contribution in [0.3, 0.4) is 0 Å². The van der Waals surface area contributed by atoms with Gasteiger partial charge in [0.05, 0.1) is 0 Å². The van der Waals surface area contributed by atoms with Crippen LogP contribution in [0.2, 0.25) is 0 Å². The molecular weight excluding hydrogens is 300 g/mol. The summed E-state index contributed by atoms with van der Waals surface area (Å²) in [5.74, 6) is 4.19. The minimum Gasteiger partial charge on any atom is -0.369 e. The van der Waals surface area contributed by atoms with Crippen molar-refractivity contribution in [3.8, 4) is 0 Å². The number of thioether (sulfide) groups is 1. The van der Waals surface area contributed by atoms with Gasteiger partial charge in [0.15, 0.2) is 0 Å². The van der Waals surface area contributed by atoms with E-state index < -0.39 is 0 Å². The molecule has 17 heavy (non-hydrogen) atoms. The van der Waals surface area contributed by atoms with Gasteiger partial charge in [-0.15, -0.1) is 0 Å². The van der Waals surface area contributed by atoms with Crippen molar-refractivity contribution >= 4 is 39.3 Å². The highest BCUT2D eigenvalue weighted by Crippen LogP contribution is 2.28. The largest absolute Gasteiger partial charge is 0.369 e. The molecule has 1 aliphatic rings. The van der Waals surface area contributed by atoms with Crippen molar-refractivity contribution in [2.45, 2.75) is 25.8 Å². The Morgan fingerprint density at radius 3 is 3.00 bits per heavy atom. The second-order valence-corrected chi connectivity index (χ2v) is 5.92. The standard InChI is InChI=1S/C11H17BrN4S/c1-2-13-10-9(12)11(15-7-14-10)16-8-4-3-5-17-6-8/h7-8H,2-6H2,1H3,(H2,13,14,15,16). The van der Waals surface area contributed by atoms with Gasteiger partial charge in [-0.05, 0) is 41.4 Å². The highest BCUT2D eigenvalue weighted by Gasteiger charge is 2.16. The molecular formula is C11H17BrN4S. The van der Waals surface area contributed by atoms with Crippen LogP contribution in [0.25, 0.3) is 0 Å². The molecule has 1 fully saturated rings. The van der Waals surface area contributed by atoms with Crippen LogP contribution in [0.5, 0.6) is 0 Å². The number of nitrogens with one attached hydrogen (secondary N) is 2. The molecule has 2 rings (SSSR count). The van der Waals surface area contributed by atoms with E-state index in [0.29, 0.717) is 6.04 Å². The van der Waals surface area contributed by atoms with Crippen molar-refractivity contribution in [3.05, 3.63) is 10.8 Å². The predicted molar refractivity (Wildman–Crippen MR) is 77.9 cm³/mol. The summed E-state index contributed by atoms with van der Waals surface area (Å²) in [5, 5.41) is 6.70. The van der Waals surface area contributed by atoms with Gasteiger partial charge in [-0.3, -0.25) is 0 Å². The van der Waals surface area contributed by atoms with Crippen LogP contribution in [-0.2, 0) is 0 Å². The summed E-state index contributed by atoms with van der Waals surface area (Å²) in [6.07, 6.45) is 4.10. The first-order chi connectivity index (χ1) is 8.31. The van der Waals surface area contributed by atoms with Crippen LogP contribution >= 0.6 is 27.7 Å². The van der Waals surface area contributed by atoms with Gasteiger partial charge in [0.25, 0.3) is 0 Å². The topological polar surface area (TPSA) is 49.8 Å². The number of nitrogens with zero attached hydrogens (tertiary/aromatic N) is 2. The van der Waals surface area contributed by atoms with Gasteiger partial charge in [-0.25, -0.2) is 9.97 Å². The van der Waals surface area contributed by atoms with Gasteiger partial charge in [0.2, 0.25) is 0 Å². The summed E-state index contributed by atoms with van der Waals surface area (Å²) in [6, 6.07) is 0.523. The van der Waals surface area contributed by atoms with Gasteiger partial charge in [0, 0.05) is 18.3 Å². The number of aromatic nitrogens is 2. The van der Waals surface area contributed by atoms with E-state index in [4.69, 9.17) is 0 Å². The van der Waals surface area contributed by atoms with Crippen LogP contribution in [-0.4, -0.2) is 34.1 Å². The fraction of sp³-hybridized carbons (Fsp3) is 0.636.